The summed E-state index contributed by atoms with van der Waals surface area (Å²) in [5.41, 5.74) is -1.30. The van der Waals surface area contributed by atoms with Gasteiger partial charge in [-0.05, 0) is 102 Å². The molecule has 4 rings (SSSR count). The topological polar surface area (TPSA) is 239 Å². The molecule has 2 aliphatic carbocycles. The molecule has 0 aromatic rings. The van der Waals surface area contributed by atoms with Crippen molar-refractivity contribution in [1.82, 2.24) is 52.3 Å². The second kappa shape index (κ2) is 24.3. The quantitative estimate of drug-likeness (QED) is 0.0821. The number of amides is 8. The highest BCUT2D eigenvalue weighted by Crippen LogP contribution is 2.31. The van der Waals surface area contributed by atoms with Crippen LogP contribution in [0.5, 0.6) is 0 Å². The largest absolute Gasteiger partial charge is 0.342 e. The summed E-state index contributed by atoms with van der Waals surface area (Å²) < 4.78 is 0. The van der Waals surface area contributed by atoms with Crippen LogP contribution < -0.4 is 42.5 Å². The molecule has 370 valence electrons. The Morgan fingerprint density at radius 3 is 1.11 bits per heavy atom. The summed E-state index contributed by atoms with van der Waals surface area (Å²) >= 11 is 0. The Labute approximate surface area is 392 Å². The number of nitrogens with one attached hydrogen (secondary N) is 8. The molecule has 0 radical (unpaired) electrons. The predicted molar refractivity (Wildman–Crippen MR) is 250 cm³/mol. The van der Waals surface area contributed by atoms with Crippen molar-refractivity contribution >= 4 is 47.3 Å². The van der Waals surface area contributed by atoms with Crippen LogP contribution in [0.25, 0.3) is 0 Å². The molecule has 8 amide bonds. The Morgan fingerprint density at radius 2 is 0.803 bits per heavy atom. The van der Waals surface area contributed by atoms with Gasteiger partial charge in [0.2, 0.25) is 35.4 Å². The molecule has 0 aromatic carbocycles. The van der Waals surface area contributed by atoms with Gasteiger partial charge in [0.25, 0.3) is 11.8 Å². The van der Waals surface area contributed by atoms with Crippen LogP contribution in [0.1, 0.15) is 145 Å². The smallest absolute Gasteiger partial charge is 0.254 e. The zero-order valence-electron chi connectivity index (χ0n) is 41.2. The average Bonchev–Trinajstić information content (AvgIpc) is 4.00. The molecular formula is C48H80N10O8. The summed E-state index contributed by atoms with van der Waals surface area (Å²) in [6, 6.07) is -1.26. The normalized spacial score (nSPS) is 22.3. The predicted octanol–water partition coefficient (Wildman–Crippen LogP) is 1.53. The number of carbonyl (C=O) groups excluding carboxylic acids is 8. The number of hydrogen-bond acceptors (Lipinski definition) is 10. The van der Waals surface area contributed by atoms with E-state index in [0.29, 0.717) is 64.5 Å². The van der Waals surface area contributed by atoms with Crippen LogP contribution in [0.3, 0.4) is 0 Å². The number of nitrogens with zero attached hydrogens (tertiary/aromatic N) is 2. The second-order valence-electron chi connectivity index (χ2n) is 21.0. The molecule has 0 spiro atoms. The molecule has 2 aliphatic heterocycles. The van der Waals surface area contributed by atoms with Gasteiger partial charge in [-0.15, -0.1) is 0 Å². The first-order valence-electron chi connectivity index (χ1n) is 24.4. The van der Waals surface area contributed by atoms with Crippen molar-refractivity contribution in [3.63, 3.8) is 0 Å². The van der Waals surface area contributed by atoms with Crippen molar-refractivity contribution in [2.24, 2.45) is 22.7 Å². The molecule has 8 atom stereocenters. The highest BCUT2D eigenvalue weighted by Gasteiger charge is 2.45. The van der Waals surface area contributed by atoms with Crippen molar-refractivity contribution in [3.05, 3.63) is 0 Å². The van der Waals surface area contributed by atoms with Crippen molar-refractivity contribution in [2.45, 2.75) is 194 Å². The summed E-state index contributed by atoms with van der Waals surface area (Å²) in [4.78, 5) is 113. The van der Waals surface area contributed by atoms with E-state index in [1.165, 1.54) is 9.80 Å². The van der Waals surface area contributed by atoms with E-state index < -0.39 is 82.8 Å². The number of likely N-dealkylation sites (N-methyl/N-ethyl adjacent to an activating group) is 2. The second-order valence-corrected chi connectivity index (χ2v) is 21.0. The van der Waals surface area contributed by atoms with E-state index in [1.54, 1.807) is 27.9 Å². The van der Waals surface area contributed by atoms with Gasteiger partial charge >= 0.3 is 0 Å². The van der Waals surface area contributed by atoms with Gasteiger partial charge in [0.05, 0.1) is 12.1 Å². The van der Waals surface area contributed by atoms with Gasteiger partial charge in [-0.25, -0.2) is 0 Å². The molecule has 4 fully saturated rings. The fraction of sp³-hybridized carbons (Fsp3) is 0.792. The van der Waals surface area contributed by atoms with Crippen LogP contribution in [-0.4, -0.2) is 133 Å². The van der Waals surface area contributed by atoms with E-state index in [1.807, 2.05) is 41.5 Å². The zero-order chi connectivity index (χ0) is 48.9. The van der Waals surface area contributed by atoms with Gasteiger partial charge < -0.3 is 41.7 Å². The van der Waals surface area contributed by atoms with Crippen LogP contribution in [0, 0.1) is 34.8 Å². The van der Waals surface area contributed by atoms with Crippen LogP contribution in [0.2, 0.25) is 0 Å². The summed E-state index contributed by atoms with van der Waals surface area (Å²) in [5.74, 6) is -3.70. The van der Waals surface area contributed by atoms with Gasteiger partial charge in [-0.2, -0.15) is 0 Å². The Balaban J connectivity index is 1.46. The van der Waals surface area contributed by atoms with Crippen LogP contribution >= 0.6 is 0 Å². The summed E-state index contributed by atoms with van der Waals surface area (Å²) in [5, 5.41) is 22.6. The van der Waals surface area contributed by atoms with Gasteiger partial charge in [0, 0.05) is 25.2 Å². The van der Waals surface area contributed by atoms with E-state index in [-0.39, 0.29) is 35.5 Å². The molecule has 18 nitrogen and oxygen atoms in total. The van der Waals surface area contributed by atoms with Gasteiger partial charge in [0.15, 0.2) is 0 Å². The van der Waals surface area contributed by atoms with E-state index in [0.717, 1.165) is 38.5 Å². The summed E-state index contributed by atoms with van der Waals surface area (Å²) in [6.07, 6.45) is 10.4. The number of carbonyl (C=O) groups is 8. The maximum absolute atomic E-state index is 14.1. The van der Waals surface area contributed by atoms with E-state index in [9.17, 15) is 38.4 Å². The minimum absolute atomic E-state index is 0.172. The molecule has 66 heavy (non-hydrogen) atoms. The molecule has 2 heterocycles. The lowest BCUT2D eigenvalue weighted by Crippen LogP contribution is -2.61. The van der Waals surface area contributed by atoms with Gasteiger partial charge in [0.1, 0.15) is 36.3 Å². The SMILES string of the molecule is CNC(C)C(=O)N[C@H](C(=O)N1CCCC1C(=O)N[C@H](C(=O)NC#CNC(=O)C(NC(=O)[C@@H]1CCCN1C(=O)C(NC(=O)[C@H](C)NC)C(C)(C)C)C1CCCCC1)C1CCCCC1)C(C)(C)C. The van der Waals surface area contributed by atoms with Crippen molar-refractivity contribution in [2.75, 3.05) is 27.2 Å². The molecule has 4 aliphatic rings. The first-order chi connectivity index (χ1) is 31.1. The number of hydrogen-bond donors (Lipinski definition) is 8. The minimum Gasteiger partial charge on any atom is -0.342 e. The van der Waals surface area contributed by atoms with E-state index in [2.05, 4.69) is 54.6 Å². The summed E-state index contributed by atoms with van der Waals surface area (Å²) in [7, 11) is 3.32. The average molecular weight is 925 g/mol. The molecule has 8 N–H and O–H groups in total. The van der Waals surface area contributed by atoms with Crippen molar-refractivity contribution < 1.29 is 38.4 Å². The summed E-state index contributed by atoms with van der Waals surface area (Å²) in [6.45, 7) is 15.2. The molecule has 0 bridgehead atoms. The molecule has 2 saturated heterocycles. The highest BCUT2D eigenvalue weighted by molar-refractivity contribution is 5.97. The molecular weight excluding hydrogens is 845 g/mol. The van der Waals surface area contributed by atoms with Gasteiger partial charge in [-0.3, -0.25) is 49.0 Å². The fourth-order valence-corrected chi connectivity index (χ4v) is 9.60. The van der Waals surface area contributed by atoms with Crippen LogP contribution in [0.4, 0.5) is 0 Å². The van der Waals surface area contributed by atoms with Crippen molar-refractivity contribution in [3.8, 4) is 12.1 Å². The Morgan fingerprint density at radius 1 is 0.470 bits per heavy atom. The number of rotatable bonds is 16. The molecule has 2 saturated carbocycles. The lowest BCUT2D eigenvalue weighted by atomic mass is 9.83. The maximum Gasteiger partial charge on any atom is 0.254 e. The third kappa shape index (κ3) is 14.4. The third-order valence-corrected chi connectivity index (χ3v) is 14.0. The lowest BCUT2D eigenvalue weighted by molar-refractivity contribution is -0.144. The fourth-order valence-electron chi connectivity index (χ4n) is 9.60. The Hall–Kier alpha value is -4.76. The van der Waals surface area contributed by atoms with Crippen molar-refractivity contribution in [1.29, 1.82) is 0 Å². The first-order valence-corrected chi connectivity index (χ1v) is 24.4. The van der Waals surface area contributed by atoms with Crippen LogP contribution in [-0.2, 0) is 38.4 Å². The molecule has 4 unspecified atom stereocenters. The third-order valence-electron chi connectivity index (χ3n) is 14.0. The Bertz CT molecular complexity index is 1680. The molecule has 18 heteroatoms. The lowest BCUT2D eigenvalue weighted by Gasteiger charge is -2.36. The van der Waals surface area contributed by atoms with E-state index >= 15 is 0 Å². The highest BCUT2D eigenvalue weighted by atomic mass is 16.2. The number of likely N-dealkylation sites (tertiary alicyclic amines) is 2. The monoisotopic (exact) mass is 925 g/mol. The molecule has 0 aromatic heterocycles. The standard InChI is InChI=1S/C48H80N10O8/c1-29(49-9)39(59)55-37(47(3,4)5)45(65)57-27-17-23-33(57)41(61)53-35(31-19-13-11-14-20-31)43(63)51-25-26-52-44(64)36(32-21-15-12-16-22-32)54-42(62)34-24-18-28-58(34)46(66)38(48(6,7)8)56-40(60)30(2)50-10/h29-38,49-50H,11-24,27-28H2,1-10H3,(H,51,63)(H,52,64)(H,53,61)(H,54,62)(H,55,59)(H,56,60)/t29-,30?,33-,34?,35?,36-,37?,38+/m0/s1. The zero-order valence-corrected chi connectivity index (χ0v) is 41.2. The van der Waals surface area contributed by atoms with E-state index in [4.69, 9.17) is 0 Å². The van der Waals surface area contributed by atoms with Crippen LogP contribution in [0.15, 0.2) is 0 Å². The first kappa shape index (κ1) is 53.9. The maximum atomic E-state index is 14.1. The Kier molecular flexibility index (Phi) is 19.8. The minimum atomic E-state index is -0.945. The van der Waals surface area contributed by atoms with Gasteiger partial charge in [-0.1, -0.05) is 80.1 Å².